The molecule has 0 spiro atoms. The van der Waals surface area contributed by atoms with Crippen LogP contribution in [0.5, 0.6) is 0 Å². The maximum atomic E-state index is 3.64. The highest BCUT2D eigenvalue weighted by Gasteiger charge is 2.30. The van der Waals surface area contributed by atoms with E-state index in [1.54, 1.807) is 0 Å². The lowest BCUT2D eigenvalue weighted by Gasteiger charge is -2.44. The summed E-state index contributed by atoms with van der Waals surface area (Å²) in [7, 11) is 2.25. The van der Waals surface area contributed by atoms with Crippen molar-refractivity contribution in [2.45, 2.75) is 57.7 Å². The largest absolute Gasteiger partial charge is 0.314 e. The first-order chi connectivity index (χ1) is 8.20. The highest BCUT2D eigenvalue weighted by atomic mass is 15.3. The summed E-state index contributed by atoms with van der Waals surface area (Å²) in [6.45, 7) is 9.47. The molecule has 2 fully saturated rings. The molecule has 2 rings (SSSR count). The average molecular weight is 239 g/mol. The van der Waals surface area contributed by atoms with Crippen LogP contribution >= 0.6 is 0 Å². The van der Waals surface area contributed by atoms with Crippen LogP contribution in [0.15, 0.2) is 0 Å². The van der Waals surface area contributed by atoms with E-state index >= 15 is 0 Å². The molecule has 1 saturated carbocycles. The minimum Gasteiger partial charge on any atom is -0.314 e. The van der Waals surface area contributed by atoms with Crippen molar-refractivity contribution < 1.29 is 0 Å². The Kier molecular flexibility index (Phi) is 4.83. The molecule has 3 heteroatoms. The van der Waals surface area contributed by atoms with Gasteiger partial charge >= 0.3 is 0 Å². The molecule has 3 unspecified atom stereocenters. The van der Waals surface area contributed by atoms with Crippen LogP contribution in [0, 0.1) is 0 Å². The van der Waals surface area contributed by atoms with Crippen molar-refractivity contribution in [1.29, 1.82) is 0 Å². The summed E-state index contributed by atoms with van der Waals surface area (Å²) in [5.74, 6) is 0. The Bertz CT molecular complexity index is 230. The van der Waals surface area contributed by atoms with Gasteiger partial charge < -0.3 is 10.2 Å². The number of hydrogen-bond acceptors (Lipinski definition) is 3. The van der Waals surface area contributed by atoms with Crippen molar-refractivity contribution in [1.82, 2.24) is 15.1 Å². The summed E-state index contributed by atoms with van der Waals surface area (Å²) in [5, 5.41) is 3.64. The summed E-state index contributed by atoms with van der Waals surface area (Å²) < 4.78 is 0. The zero-order valence-electron chi connectivity index (χ0n) is 11.8. The normalized spacial score (nSPS) is 37.2. The molecule has 1 heterocycles. The Morgan fingerprint density at radius 1 is 1.24 bits per heavy atom. The number of piperazine rings is 1. The third-order valence-electron chi connectivity index (χ3n) is 4.65. The lowest BCUT2D eigenvalue weighted by Crippen LogP contribution is -2.55. The summed E-state index contributed by atoms with van der Waals surface area (Å²) in [5.41, 5.74) is 0. The van der Waals surface area contributed by atoms with E-state index in [-0.39, 0.29) is 0 Å². The van der Waals surface area contributed by atoms with Gasteiger partial charge in [0.25, 0.3) is 0 Å². The van der Waals surface area contributed by atoms with E-state index in [9.17, 15) is 0 Å². The van der Waals surface area contributed by atoms with Gasteiger partial charge in [-0.3, -0.25) is 4.90 Å². The fraction of sp³-hybridized carbons (Fsp3) is 1.00. The summed E-state index contributed by atoms with van der Waals surface area (Å²) in [4.78, 5) is 5.23. The molecule has 0 aromatic carbocycles. The Balaban J connectivity index is 1.84. The van der Waals surface area contributed by atoms with Crippen LogP contribution in [0.2, 0.25) is 0 Å². The zero-order valence-corrected chi connectivity index (χ0v) is 11.8. The topological polar surface area (TPSA) is 18.5 Å². The molecular formula is C14H29N3. The van der Waals surface area contributed by atoms with Crippen LogP contribution in [-0.4, -0.2) is 61.2 Å². The maximum Gasteiger partial charge on any atom is 0.0192 e. The Labute approximate surface area is 107 Å². The van der Waals surface area contributed by atoms with Crippen LogP contribution < -0.4 is 5.32 Å². The zero-order chi connectivity index (χ0) is 12.3. The van der Waals surface area contributed by atoms with E-state index < -0.39 is 0 Å². The molecule has 1 aliphatic carbocycles. The van der Waals surface area contributed by atoms with Crippen LogP contribution in [0.3, 0.4) is 0 Å². The third kappa shape index (κ3) is 3.43. The van der Waals surface area contributed by atoms with Crippen molar-refractivity contribution >= 4 is 0 Å². The minimum atomic E-state index is 0.725. The van der Waals surface area contributed by atoms with Crippen molar-refractivity contribution in [3.63, 3.8) is 0 Å². The molecule has 0 aromatic heterocycles. The van der Waals surface area contributed by atoms with Crippen molar-refractivity contribution in [2.75, 3.05) is 33.2 Å². The first kappa shape index (κ1) is 13.3. The first-order valence-corrected chi connectivity index (χ1v) is 7.38. The molecule has 3 atom stereocenters. The van der Waals surface area contributed by atoms with Gasteiger partial charge in [-0.2, -0.15) is 0 Å². The van der Waals surface area contributed by atoms with Gasteiger partial charge in [0.05, 0.1) is 0 Å². The van der Waals surface area contributed by atoms with Crippen LogP contribution in [0.4, 0.5) is 0 Å². The number of nitrogens with zero attached hydrogens (tertiary/aromatic N) is 2. The minimum absolute atomic E-state index is 0.725. The molecule has 0 aromatic rings. The molecule has 2 aliphatic rings. The first-order valence-electron chi connectivity index (χ1n) is 7.38. The molecule has 0 radical (unpaired) electrons. The second-order valence-electron chi connectivity index (χ2n) is 5.90. The van der Waals surface area contributed by atoms with Crippen LogP contribution in [0.25, 0.3) is 0 Å². The molecule has 0 bridgehead atoms. The van der Waals surface area contributed by atoms with Gasteiger partial charge in [0.2, 0.25) is 0 Å². The molecule has 100 valence electrons. The van der Waals surface area contributed by atoms with Gasteiger partial charge in [0, 0.05) is 37.8 Å². The maximum absolute atomic E-state index is 3.64. The van der Waals surface area contributed by atoms with Gasteiger partial charge in [-0.25, -0.2) is 0 Å². The van der Waals surface area contributed by atoms with Crippen molar-refractivity contribution in [3.8, 4) is 0 Å². The predicted molar refractivity (Wildman–Crippen MR) is 73.4 cm³/mol. The van der Waals surface area contributed by atoms with Gasteiger partial charge in [-0.1, -0.05) is 13.3 Å². The number of likely N-dealkylation sites (N-methyl/N-ethyl adjacent to an activating group) is 1. The van der Waals surface area contributed by atoms with Crippen molar-refractivity contribution in [2.24, 2.45) is 0 Å². The second-order valence-corrected chi connectivity index (χ2v) is 5.90. The van der Waals surface area contributed by atoms with Crippen LogP contribution in [-0.2, 0) is 0 Å². The molecule has 1 saturated heterocycles. The molecule has 1 aliphatic heterocycles. The summed E-state index contributed by atoms with van der Waals surface area (Å²) in [6.07, 6.45) is 5.57. The molecule has 3 nitrogen and oxygen atoms in total. The SMILES string of the molecule is CCNC1CCCC(N2CCN(C)C(C)C2)C1. The van der Waals surface area contributed by atoms with Gasteiger partial charge in [0.15, 0.2) is 0 Å². The lowest BCUT2D eigenvalue weighted by atomic mass is 9.89. The number of hydrogen-bond donors (Lipinski definition) is 1. The Hall–Kier alpha value is -0.120. The lowest BCUT2D eigenvalue weighted by molar-refractivity contribution is 0.0519. The monoisotopic (exact) mass is 239 g/mol. The van der Waals surface area contributed by atoms with Gasteiger partial charge in [0.1, 0.15) is 0 Å². The van der Waals surface area contributed by atoms with Gasteiger partial charge in [-0.05, 0) is 39.8 Å². The molecule has 0 amide bonds. The van der Waals surface area contributed by atoms with Gasteiger partial charge in [-0.15, -0.1) is 0 Å². The van der Waals surface area contributed by atoms with E-state index in [4.69, 9.17) is 0 Å². The van der Waals surface area contributed by atoms with E-state index in [2.05, 4.69) is 36.0 Å². The standard InChI is InChI=1S/C14H29N3/c1-4-15-13-6-5-7-14(10-13)17-9-8-16(3)12(2)11-17/h12-15H,4-11H2,1-3H3. The fourth-order valence-corrected chi connectivity index (χ4v) is 3.38. The van der Waals surface area contributed by atoms with Crippen LogP contribution in [0.1, 0.15) is 39.5 Å². The molecule has 17 heavy (non-hydrogen) atoms. The second kappa shape index (κ2) is 6.17. The predicted octanol–water partition coefficient (Wildman–Crippen LogP) is 1.54. The number of rotatable bonds is 3. The van der Waals surface area contributed by atoms with Crippen molar-refractivity contribution in [3.05, 3.63) is 0 Å². The quantitative estimate of drug-likeness (QED) is 0.806. The number of nitrogens with one attached hydrogen (secondary N) is 1. The molecular weight excluding hydrogens is 210 g/mol. The average Bonchev–Trinajstić information content (AvgIpc) is 2.33. The van der Waals surface area contributed by atoms with E-state index in [0.717, 1.165) is 24.7 Å². The van der Waals surface area contributed by atoms with E-state index in [1.165, 1.54) is 45.3 Å². The fourth-order valence-electron chi connectivity index (χ4n) is 3.38. The highest BCUT2D eigenvalue weighted by molar-refractivity contribution is 4.87. The Morgan fingerprint density at radius 3 is 2.76 bits per heavy atom. The van der Waals surface area contributed by atoms with E-state index in [1.807, 2.05) is 0 Å². The van der Waals surface area contributed by atoms with E-state index in [0.29, 0.717) is 0 Å². The Morgan fingerprint density at radius 2 is 2.06 bits per heavy atom. The summed E-state index contributed by atoms with van der Waals surface area (Å²) >= 11 is 0. The third-order valence-corrected chi connectivity index (χ3v) is 4.65. The molecule has 1 N–H and O–H groups in total. The highest BCUT2D eigenvalue weighted by Crippen LogP contribution is 2.25. The smallest absolute Gasteiger partial charge is 0.0192 e. The summed E-state index contributed by atoms with van der Waals surface area (Å²) in [6, 6.07) is 2.33.